The molecule has 3 aromatic rings. The molecular weight excluding hydrogens is 356 g/mol. The van der Waals surface area contributed by atoms with Gasteiger partial charge in [0.25, 0.3) is 0 Å². The van der Waals surface area contributed by atoms with Gasteiger partial charge < -0.3 is 5.32 Å². The lowest BCUT2D eigenvalue weighted by atomic mass is 10.0. The first-order valence-corrected chi connectivity index (χ1v) is 9.43. The number of aromatic nitrogens is 3. The molecule has 1 amide bonds. The molecule has 0 saturated carbocycles. The minimum atomic E-state index is -0.0349. The first-order valence-electron chi connectivity index (χ1n) is 9.03. The molecule has 5 nitrogen and oxygen atoms in total. The van der Waals surface area contributed by atoms with Crippen molar-refractivity contribution < 1.29 is 4.79 Å². The van der Waals surface area contributed by atoms with Crippen LogP contribution in [-0.4, -0.2) is 20.7 Å². The highest BCUT2D eigenvalue weighted by molar-refractivity contribution is 7.71. The molecule has 0 unspecified atom stereocenters. The van der Waals surface area contributed by atoms with Crippen molar-refractivity contribution in [2.45, 2.75) is 39.8 Å². The van der Waals surface area contributed by atoms with Crippen molar-refractivity contribution >= 4 is 18.1 Å². The Balaban J connectivity index is 1.69. The van der Waals surface area contributed by atoms with Gasteiger partial charge in [-0.2, -0.15) is 5.10 Å². The Bertz CT molecular complexity index is 1010. The fourth-order valence-electron chi connectivity index (χ4n) is 3.21. The van der Waals surface area contributed by atoms with Crippen LogP contribution >= 0.6 is 12.2 Å². The summed E-state index contributed by atoms with van der Waals surface area (Å²) in [5.74, 6) is 0.743. The highest BCUT2D eigenvalue weighted by atomic mass is 32.1. The Morgan fingerprint density at radius 2 is 2.00 bits per heavy atom. The second-order valence-electron chi connectivity index (χ2n) is 6.77. The number of H-pyrrole nitrogens is 1. The van der Waals surface area contributed by atoms with Gasteiger partial charge in [0.15, 0.2) is 10.6 Å². The Morgan fingerprint density at radius 3 is 2.74 bits per heavy atom. The van der Waals surface area contributed by atoms with Crippen molar-refractivity contribution in [2.24, 2.45) is 0 Å². The van der Waals surface area contributed by atoms with E-state index in [1.807, 2.05) is 54.8 Å². The third-order valence-corrected chi connectivity index (χ3v) is 4.94. The van der Waals surface area contributed by atoms with Crippen LogP contribution in [0.15, 0.2) is 48.5 Å². The molecule has 6 heteroatoms. The predicted octanol–water partition coefficient (Wildman–Crippen LogP) is 4.49. The van der Waals surface area contributed by atoms with Crippen molar-refractivity contribution in [1.82, 2.24) is 20.1 Å². The maximum absolute atomic E-state index is 12.5. The lowest BCUT2D eigenvalue weighted by Gasteiger charge is -2.17. The first kappa shape index (κ1) is 19.0. The number of benzene rings is 2. The van der Waals surface area contributed by atoms with Crippen LogP contribution in [0.5, 0.6) is 0 Å². The molecular formula is C21H24N4OS. The van der Waals surface area contributed by atoms with Gasteiger partial charge in [0.2, 0.25) is 5.91 Å². The zero-order valence-corrected chi connectivity index (χ0v) is 16.6. The van der Waals surface area contributed by atoms with Gasteiger partial charge in [-0.15, -0.1) is 0 Å². The summed E-state index contributed by atoms with van der Waals surface area (Å²) in [6.45, 7) is 6.57. The molecule has 0 spiro atoms. The van der Waals surface area contributed by atoms with E-state index in [4.69, 9.17) is 12.2 Å². The number of hydrogen-bond donors (Lipinski definition) is 2. The summed E-state index contributed by atoms with van der Waals surface area (Å²) >= 11 is 5.35. The van der Waals surface area contributed by atoms with E-state index in [9.17, 15) is 4.79 Å². The van der Waals surface area contributed by atoms with Gasteiger partial charge in [-0.05, 0) is 50.2 Å². The van der Waals surface area contributed by atoms with Gasteiger partial charge in [-0.1, -0.05) is 48.0 Å². The Morgan fingerprint density at radius 1 is 1.22 bits per heavy atom. The zero-order chi connectivity index (χ0) is 19.4. The van der Waals surface area contributed by atoms with Crippen LogP contribution in [0.4, 0.5) is 0 Å². The highest BCUT2D eigenvalue weighted by Crippen LogP contribution is 2.19. The lowest BCUT2D eigenvalue weighted by Crippen LogP contribution is -2.28. The molecule has 140 valence electrons. The summed E-state index contributed by atoms with van der Waals surface area (Å²) in [5.41, 5.74) is 4.43. The molecule has 0 saturated heterocycles. The number of aromatic amines is 1. The molecule has 3 rings (SSSR count). The summed E-state index contributed by atoms with van der Waals surface area (Å²) in [5, 5.41) is 10.2. The predicted molar refractivity (Wildman–Crippen MR) is 110 cm³/mol. The summed E-state index contributed by atoms with van der Waals surface area (Å²) in [7, 11) is 0. The zero-order valence-electron chi connectivity index (χ0n) is 15.8. The topological polar surface area (TPSA) is 62.7 Å². The molecule has 2 N–H and O–H groups in total. The largest absolute Gasteiger partial charge is 0.350 e. The second-order valence-corrected chi connectivity index (χ2v) is 7.16. The number of nitrogens with zero attached hydrogens (tertiary/aromatic N) is 2. The standard InChI is InChI=1S/C21H24N4OS/c1-14-7-6-9-17(13-14)20-23-24-21(27)25(20)12-11-19(26)22-16(3)18-10-5-4-8-15(18)2/h4-10,13,16H,11-12H2,1-3H3,(H,22,26)(H,24,27)/t16-/m1/s1. The molecule has 1 atom stereocenters. The van der Waals surface area contributed by atoms with Crippen LogP contribution in [0.2, 0.25) is 0 Å². The molecule has 0 fully saturated rings. The number of carbonyl (C=O) groups excluding carboxylic acids is 1. The van der Waals surface area contributed by atoms with Crippen LogP contribution < -0.4 is 5.32 Å². The van der Waals surface area contributed by atoms with E-state index in [1.165, 1.54) is 5.56 Å². The van der Waals surface area contributed by atoms with Crippen molar-refractivity contribution in [2.75, 3.05) is 0 Å². The van der Waals surface area contributed by atoms with Crippen LogP contribution in [0, 0.1) is 18.6 Å². The summed E-state index contributed by atoms with van der Waals surface area (Å²) < 4.78 is 2.40. The van der Waals surface area contributed by atoms with Gasteiger partial charge in [-0.3, -0.25) is 14.5 Å². The maximum atomic E-state index is 12.5. The number of carbonyl (C=O) groups is 1. The quantitative estimate of drug-likeness (QED) is 0.619. The van der Waals surface area contributed by atoms with Gasteiger partial charge >= 0.3 is 0 Å². The van der Waals surface area contributed by atoms with Crippen LogP contribution in [-0.2, 0) is 11.3 Å². The molecule has 0 aliphatic carbocycles. The van der Waals surface area contributed by atoms with E-state index < -0.39 is 0 Å². The summed E-state index contributed by atoms with van der Waals surface area (Å²) in [6, 6.07) is 16.1. The molecule has 0 aliphatic heterocycles. The summed E-state index contributed by atoms with van der Waals surface area (Å²) in [4.78, 5) is 12.5. The van der Waals surface area contributed by atoms with Gasteiger partial charge in [0.1, 0.15) is 0 Å². The van der Waals surface area contributed by atoms with E-state index in [0.29, 0.717) is 17.7 Å². The average Bonchev–Trinajstić information content (AvgIpc) is 3.01. The maximum Gasteiger partial charge on any atom is 0.222 e. The van der Waals surface area contributed by atoms with Crippen molar-refractivity contribution in [3.63, 3.8) is 0 Å². The van der Waals surface area contributed by atoms with Gasteiger partial charge in [0, 0.05) is 18.5 Å². The van der Waals surface area contributed by atoms with Crippen LogP contribution in [0.1, 0.15) is 36.1 Å². The Labute approximate surface area is 164 Å². The third kappa shape index (κ3) is 4.52. The van der Waals surface area contributed by atoms with E-state index in [1.54, 1.807) is 0 Å². The minimum Gasteiger partial charge on any atom is -0.350 e. The number of rotatable bonds is 6. The van der Waals surface area contributed by atoms with Gasteiger partial charge in [0.05, 0.1) is 6.04 Å². The smallest absolute Gasteiger partial charge is 0.222 e. The number of amides is 1. The van der Waals surface area contributed by atoms with E-state index in [0.717, 1.165) is 22.5 Å². The Kier molecular flexibility index (Phi) is 5.86. The summed E-state index contributed by atoms with van der Waals surface area (Å²) in [6.07, 6.45) is 0.336. The fraction of sp³-hybridized carbons (Fsp3) is 0.286. The average molecular weight is 381 g/mol. The lowest BCUT2D eigenvalue weighted by molar-refractivity contribution is -0.121. The second kappa shape index (κ2) is 8.31. The van der Waals surface area contributed by atoms with Crippen molar-refractivity contribution in [3.05, 3.63) is 70.0 Å². The molecule has 1 heterocycles. The molecule has 27 heavy (non-hydrogen) atoms. The van der Waals surface area contributed by atoms with Crippen molar-refractivity contribution in [1.29, 1.82) is 0 Å². The molecule has 0 aliphatic rings. The number of nitrogens with one attached hydrogen (secondary N) is 2. The number of aryl methyl sites for hydroxylation is 2. The first-order chi connectivity index (χ1) is 13.0. The highest BCUT2D eigenvalue weighted by Gasteiger charge is 2.14. The van der Waals surface area contributed by atoms with Gasteiger partial charge in [-0.25, -0.2) is 0 Å². The molecule has 0 bridgehead atoms. The SMILES string of the molecule is Cc1cccc(-c2n[nH]c(=S)n2CCC(=O)N[C@H](C)c2ccccc2C)c1. The monoisotopic (exact) mass is 380 g/mol. The van der Waals surface area contributed by atoms with E-state index in [2.05, 4.69) is 34.6 Å². The van der Waals surface area contributed by atoms with E-state index >= 15 is 0 Å². The number of hydrogen-bond acceptors (Lipinski definition) is 3. The Hall–Kier alpha value is -2.73. The molecule has 2 aromatic carbocycles. The molecule has 1 aromatic heterocycles. The fourth-order valence-corrected chi connectivity index (χ4v) is 3.43. The van der Waals surface area contributed by atoms with E-state index in [-0.39, 0.29) is 11.9 Å². The minimum absolute atomic E-state index is 0.0101. The van der Waals surface area contributed by atoms with Crippen LogP contribution in [0.25, 0.3) is 11.4 Å². The normalized spacial score (nSPS) is 12.0. The van der Waals surface area contributed by atoms with Crippen LogP contribution in [0.3, 0.4) is 0 Å². The third-order valence-electron chi connectivity index (χ3n) is 4.63. The molecule has 0 radical (unpaired) electrons. The van der Waals surface area contributed by atoms with Crippen molar-refractivity contribution in [3.8, 4) is 11.4 Å².